The van der Waals surface area contributed by atoms with Crippen molar-refractivity contribution >= 4 is 17.1 Å². The van der Waals surface area contributed by atoms with Crippen molar-refractivity contribution < 1.29 is 4.74 Å². The van der Waals surface area contributed by atoms with E-state index >= 15 is 0 Å². The third-order valence-electron chi connectivity index (χ3n) is 3.22. The van der Waals surface area contributed by atoms with Crippen molar-refractivity contribution in [3.8, 4) is 0 Å². The highest BCUT2D eigenvalue weighted by atomic mass is 16.5. The first-order valence-corrected chi connectivity index (χ1v) is 6.32. The second-order valence-electron chi connectivity index (χ2n) is 4.45. The molecule has 2 heterocycles. The Bertz CT molecular complexity index is 541. The van der Waals surface area contributed by atoms with Crippen molar-refractivity contribution in [2.24, 2.45) is 0 Å². The van der Waals surface area contributed by atoms with Gasteiger partial charge in [-0.2, -0.15) is 5.10 Å². The van der Waals surface area contributed by atoms with Gasteiger partial charge in [-0.05, 0) is 6.07 Å². The van der Waals surface area contributed by atoms with Crippen LogP contribution in [0.1, 0.15) is 0 Å². The number of hydrogen-bond acceptors (Lipinski definition) is 3. The van der Waals surface area contributed by atoms with E-state index in [1.54, 1.807) is 0 Å². The van der Waals surface area contributed by atoms with Gasteiger partial charge in [-0.25, -0.2) is 4.68 Å². The highest BCUT2D eigenvalue weighted by Crippen LogP contribution is 2.12. The fraction of sp³-hybridized carbons (Fsp3) is 0.357. The Kier molecular flexibility index (Phi) is 3.39. The van der Waals surface area contributed by atoms with Crippen molar-refractivity contribution in [2.75, 3.05) is 32.8 Å². The molecule has 0 N–H and O–H groups in total. The monoisotopic (exact) mass is 243 g/mol. The summed E-state index contributed by atoms with van der Waals surface area (Å²) in [6.07, 6.45) is 6.09. The van der Waals surface area contributed by atoms with Gasteiger partial charge in [-0.3, -0.25) is 4.90 Å². The number of fused-ring (bicyclic) bond motifs is 1. The lowest BCUT2D eigenvalue weighted by molar-refractivity contribution is 0.0435. The van der Waals surface area contributed by atoms with E-state index in [4.69, 9.17) is 4.74 Å². The van der Waals surface area contributed by atoms with Gasteiger partial charge in [0.25, 0.3) is 0 Å². The van der Waals surface area contributed by atoms with Crippen LogP contribution in [-0.2, 0) is 4.74 Å². The molecular formula is C14H17N3O. The van der Waals surface area contributed by atoms with Crippen molar-refractivity contribution in [3.05, 3.63) is 36.5 Å². The molecule has 4 heteroatoms. The predicted molar refractivity (Wildman–Crippen MR) is 72.3 cm³/mol. The van der Waals surface area contributed by atoms with E-state index in [2.05, 4.69) is 28.2 Å². The number of morpholine rings is 1. The van der Waals surface area contributed by atoms with Gasteiger partial charge >= 0.3 is 0 Å². The molecule has 1 aromatic heterocycles. The van der Waals surface area contributed by atoms with Gasteiger partial charge in [0.15, 0.2) is 0 Å². The second-order valence-corrected chi connectivity index (χ2v) is 4.45. The number of hydrogen-bond donors (Lipinski definition) is 0. The molecule has 0 bridgehead atoms. The Morgan fingerprint density at radius 3 is 2.94 bits per heavy atom. The Hall–Kier alpha value is -1.65. The molecule has 0 amide bonds. The SMILES string of the molecule is C(=C\n1ncc2ccccc21)/CN1CCOCC1. The predicted octanol–water partition coefficient (Wildman–Crippen LogP) is 1.84. The number of para-hydroxylation sites is 1. The topological polar surface area (TPSA) is 30.3 Å². The molecule has 94 valence electrons. The van der Waals surface area contributed by atoms with E-state index in [-0.39, 0.29) is 0 Å². The quantitative estimate of drug-likeness (QED) is 0.824. The molecular weight excluding hydrogens is 226 g/mol. The minimum Gasteiger partial charge on any atom is -0.379 e. The largest absolute Gasteiger partial charge is 0.379 e. The Labute approximate surface area is 106 Å². The Morgan fingerprint density at radius 2 is 2.06 bits per heavy atom. The van der Waals surface area contributed by atoms with Crippen molar-refractivity contribution in [3.63, 3.8) is 0 Å². The molecule has 1 aromatic carbocycles. The summed E-state index contributed by atoms with van der Waals surface area (Å²) in [6, 6.07) is 8.23. The summed E-state index contributed by atoms with van der Waals surface area (Å²) in [6.45, 7) is 4.68. The third kappa shape index (κ3) is 2.44. The van der Waals surface area contributed by atoms with Gasteiger partial charge in [-0.1, -0.05) is 24.3 Å². The second kappa shape index (κ2) is 5.33. The molecule has 1 aliphatic rings. The zero-order valence-electron chi connectivity index (χ0n) is 10.3. The maximum atomic E-state index is 5.33. The molecule has 3 rings (SSSR count). The van der Waals surface area contributed by atoms with Crippen LogP contribution in [0, 0.1) is 0 Å². The first-order valence-electron chi connectivity index (χ1n) is 6.32. The molecule has 2 aromatic rings. The smallest absolute Gasteiger partial charge is 0.0733 e. The summed E-state index contributed by atoms with van der Waals surface area (Å²) >= 11 is 0. The van der Waals surface area contributed by atoms with E-state index in [0.29, 0.717) is 0 Å². The molecule has 4 nitrogen and oxygen atoms in total. The van der Waals surface area contributed by atoms with Crippen LogP contribution in [-0.4, -0.2) is 47.5 Å². The van der Waals surface area contributed by atoms with E-state index < -0.39 is 0 Å². The van der Waals surface area contributed by atoms with Gasteiger partial charge in [0.05, 0.1) is 24.9 Å². The fourth-order valence-corrected chi connectivity index (χ4v) is 2.19. The van der Waals surface area contributed by atoms with Gasteiger partial charge in [0, 0.05) is 31.2 Å². The summed E-state index contributed by atoms with van der Waals surface area (Å²) in [5, 5.41) is 5.54. The maximum absolute atomic E-state index is 5.33. The summed E-state index contributed by atoms with van der Waals surface area (Å²) in [4.78, 5) is 2.38. The van der Waals surface area contributed by atoms with E-state index in [1.165, 1.54) is 5.39 Å². The first kappa shape index (κ1) is 11.4. The Balaban J connectivity index is 1.68. The van der Waals surface area contributed by atoms with Crippen LogP contribution in [0.3, 0.4) is 0 Å². The molecule has 0 unspecified atom stereocenters. The van der Waals surface area contributed by atoms with Crippen LogP contribution in [0.2, 0.25) is 0 Å². The fourth-order valence-electron chi connectivity index (χ4n) is 2.19. The number of benzene rings is 1. The lowest BCUT2D eigenvalue weighted by atomic mass is 10.3. The van der Waals surface area contributed by atoms with Gasteiger partial charge in [0.1, 0.15) is 0 Å². The third-order valence-corrected chi connectivity index (χ3v) is 3.22. The lowest BCUT2D eigenvalue weighted by Gasteiger charge is -2.25. The maximum Gasteiger partial charge on any atom is 0.0733 e. The van der Waals surface area contributed by atoms with Crippen molar-refractivity contribution in [1.82, 2.24) is 14.7 Å². The Morgan fingerprint density at radius 1 is 1.22 bits per heavy atom. The summed E-state index contributed by atoms with van der Waals surface area (Å²) in [5.41, 5.74) is 1.15. The van der Waals surface area contributed by atoms with Crippen molar-refractivity contribution in [2.45, 2.75) is 0 Å². The highest BCUT2D eigenvalue weighted by molar-refractivity contribution is 5.80. The minimum absolute atomic E-state index is 0.846. The van der Waals surface area contributed by atoms with E-state index in [1.807, 2.05) is 29.2 Å². The number of ether oxygens (including phenoxy) is 1. The molecule has 1 saturated heterocycles. The average molecular weight is 243 g/mol. The summed E-state index contributed by atoms with van der Waals surface area (Å²) in [5.74, 6) is 0. The molecule has 0 atom stereocenters. The zero-order valence-corrected chi connectivity index (χ0v) is 10.3. The first-order chi connectivity index (χ1) is 8.93. The number of nitrogens with zero attached hydrogens (tertiary/aromatic N) is 3. The molecule has 0 spiro atoms. The molecule has 18 heavy (non-hydrogen) atoms. The summed E-state index contributed by atoms with van der Waals surface area (Å²) in [7, 11) is 0. The average Bonchev–Trinajstić information content (AvgIpc) is 2.84. The molecule has 0 saturated carbocycles. The van der Waals surface area contributed by atoms with Gasteiger partial charge in [0.2, 0.25) is 0 Å². The van der Waals surface area contributed by atoms with Gasteiger partial charge in [-0.15, -0.1) is 0 Å². The molecule has 1 aliphatic heterocycles. The van der Waals surface area contributed by atoms with Crippen molar-refractivity contribution in [1.29, 1.82) is 0 Å². The standard InChI is InChI=1S/C14H17N3O/c1-2-5-14-13(4-1)12-15-17(14)7-3-6-16-8-10-18-11-9-16/h1-5,7,12H,6,8-11H2/b7-3+. The number of rotatable bonds is 3. The molecule has 0 radical (unpaired) electrons. The van der Waals surface area contributed by atoms with Gasteiger partial charge < -0.3 is 4.74 Å². The highest BCUT2D eigenvalue weighted by Gasteiger charge is 2.07. The molecule has 0 aliphatic carbocycles. The van der Waals surface area contributed by atoms with Crippen LogP contribution >= 0.6 is 0 Å². The zero-order chi connectivity index (χ0) is 12.2. The van der Waals surface area contributed by atoms with E-state index in [0.717, 1.165) is 38.4 Å². The molecule has 1 fully saturated rings. The van der Waals surface area contributed by atoms with Crippen LogP contribution in [0.25, 0.3) is 17.1 Å². The van der Waals surface area contributed by atoms with Crippen LogP contribution < -0.4 is 0 Å². The summed E-state index contributed by atoms with van der Waals surface area (Å²) < 4.78 is 7.25. The lowest BCUT2D eigenvalue weighted by Crippen LogP contribution is -2.36. The number of aromatic nitrogens is 2. The van der Waals surface area contributed by atoms with E-state index in [9.17, 15) is 0 Å². The normalized spacial score (nSPS) is 17.8. The minimum atomic E-state index is 0.846. The van der Waals surface area contributed by atoms with Crippen LogP contribution in [0.5, 0.6) is 0 Å². The van der Waals surface area contributed by atoms with Crippen LogP contribution in [0.15, 0.2) is 36.5 Å². The van der Waals surface area contributed by atoms with Crippen LogP contribution in [0.4, 0.5) is 0 Å².